The van der Waals surface area contributed by atoms with Crippen molar-refractivity contribution in [3.05, 3.63) is 84.3 Å². The second-order valence-corrected chi connectivity index (χ2v) is 9.24. The highest BCUT2D eigenvalue weighted by molar-refractivity contribution is 5.95. The molecule has 5 heteroatoms. The van der Waals surface area contributed by atoms with Gasteiger partial charge in [0, 0.05) is 30.1 Å². The van der Waals surface area contributed by atoms with Crippen LogP contribution in [0, 0.1) is 12.8 Å². The molecule has 0 saturated carbocycles. The highest BCUT2D eigenvalue weighted by atomic mass is 16.3. The van der Waals surface area contributed by atoms with Crippen molar-refractivity contribution in [2.45, 2.75) is 27.2 Å². The summed E-state index contributed by atoms with van der Waals surface area (Å²) in [7, 11) is 1.98. The van der Waals surface area contributed by atoms with Crippen LogP contribution in [0.15, 0.2) is 73.1 Å². The van der Waals surface area contributed by atoms with E-state index in [1.807, 2.05) is 49.0 Å². The molecule has 0 aliphatic carbocycles. The molecular weight excluding hydrogens is 420 g/mol. The smallest absolute Gasteiger partial charge is 0.144 e. The van der Waals surface area contributed by atoms with Crippen LogP contribution in [0.2, 0.25) is 0 Å². The number of fused-ring (bicyclic) bond motifs is 1. The average Bonchev–Trinajstić information content (AvgIpc) is 3.17. The van der Waals surface area contributed by atoms with Gasteiger partial charge in [-0.3, -0.25) is 9.97 Å². The summed E-state index contributed by atoms with van der Waals surface area (Å²) in [6, 6.07) is 20.8. The maximum atomic E-state index is 10.5. The van der Waals surface area contributed by atoms with Crippen molar-refractivity contribution in [1.82, 2.24) is 19.5 Å². The SMILES string of the molecule is Cc1cc(-c2nc3c(-c4cc(CC(C)C)cc(-c5ccccn5)c4)cccc3n2C)c(O)cn1. The molecule has 5 nitrogen and oxygen atoms in total. The van der Waals surface area contributed by atoms with Crippen molar-refractivity contribution < 1.29 is 5.11 Å². The van der Waals surface area contributed by atoms with E-state index in [0.717, 1.165) is 45.5 Å². The Balaban J connectivity index is 1.72. The van der Waals surface area contributed by atoms with Gasteiger partial charge in [0.25, 0.3) is 0 Å². The van der Waals surface area contributed by atoms with Gasteiger partial charge >= 0.3 is 0 Å². The van der Waals surface area contributed by atoms with Crippen LogP contribution in [-0.4, -0.2) is 24.6 Å². The molecule has 0 unspecified atom stereocenters. The summed E-state index contributed by atoms with van der Waals surface area (Å²) in [6.45, 7) is 6.39. The zero-order chi connectivity index (χ0) is 23.8. The van der Waals surface area contributed by atoms with Crippen molar-refractivity contribution in [1.29, 1.82) is 0 Å². The number of nitrogens with zero attached hydrogens (tertiary/aromatic N) is 4. The van der Waals surface area contributed by atoms with Gasteiger partial charge in [-0.1, -0.05) is 38.1 Å². The molecular formula is C29H28N4O. The number of aryl methyl sites for hydroxylation is 2. The number of para-hydroxylation sites is 1. The highest BCUT2D eigenvalue weighted by Crippen LogP contribution is 2.36. The summed E-state index contributed by atoms with van der Waals surface area (Å²) in [5.41, 5.74) is 8.95. The number of aromatic hydroxyl groups is 1. The lowest BCUT2D eigenvalue weighted by atomic mass is 9.93. The Morgan fingerprint density at radius 2 is 1.74 bits per heavy atom. The zero-order valence-electron chi connectivity index (χ0n) is 19.9. The lowest BCUT2D eigenvalue weighted by Crippen LogP contribution is -1.96. The van der Waals surface area contributed by atoms with Gasteiger partial charge < -0.3 is 9.67 Å². The minimum atomic E-state index is 0.127. The van der Waals surface area contributed by atoms with Gasteiger partial charge in [-0.15, -0.1) is 0 Å². The molecule has 0 bridgehead atoms. The fourth-order valence-corrected chi connectivity index (χ4v) is 4.54. The molecule has 170 valence electrons. The predicted molar refractivity (Wildman–Crippen MR) is 138 cm³/mol. The van der Waals surface area contributed by atoms with Crippen LogP contribution in [0.1, 0.15) is 25.1 Å². The first-order valence-electron chi connectivity index (χ1n) is 11.6. The Hall–Kier alpha value is -3.99. The molecule has 0 radical (unpaired) electrons. The van der Waals surface area contributed by atoms with Crippen LogP contribution in [0.4, 0.5) is 0 Å². The molecule has 3 aromatic heterocycles. The first-order valence-corrected chi connectivity index (χ1v) is 11.6. The van der Waals surface area contributed by atoms with E-state index in [1.54, 1.807) is 0 Å². The minimum Gasteiger partial charge on any atom is -0.506 e. The van der Waals surface area contributed by atoms with Gasteiger partial charge in [0.2, 0.25) is 0 Å². The molecule has 0 fully saturated rings. The number of rotatable bonds is 5. The first kappa shape index (κ1) is 21.8. The number of aromatic nitrogens is 4. The van der Waals surface area contributed by atoms with Crippen LogP contribution in [0.5, 0.6) is 5.75 Å². The molecule has 0 aliphatic rings. The first-order chi connectivity index (χ1) is 16.4. The minimum absolute atomic E-state index is 0.127. The summed E-state index contributed by atoms with van der Waals surface area (Å²) in [6.07, 6.45) is 4.31. The summed E-state index contributed by atoms with van der Waals surface area (Å²) >= 11 is 0. The third-order valence-electron chi connectivity index (χ3n) is 6.08. The molecule has 1 N–H and O–H groups in total. The van der Waals surface area contributed by atoms with E-state index in [1.165, 1.54) is 11.8 Å². The van der Waals surface area contributed by atoms with Gasteiger partial charge in [-0.2, -0.15) is 0 Å². The second kappa shape index (κ2) is 8.75. The van der Waals surface area contributed by atoms with Gasteiger partial charge in [0.05, 0.1) is 28.5 Å². The molecule has 5 rings (SSSR count). The van der Waals surface area contributed by atoms with Gasteiger partial charge in [0.15, 0.2) is 0 Å². The van der Waals surface area contributed by atoms with E-state index >= 15 is 0 Å². The average molecular weight is 449 g/mol. The van der Waals surface area contributed by atoms with Crippen molar-refractivity contribution in [2.24, 2.45) is 13.0 Å². The van der Waals surface area contributed by atoms with E-state index < -0.39 is 0 Å². The fraction of sp³-hybridized carbons (Fsp3) is 0.207. The van der Waals surface area contributed by atoms with Crippen LogP contribution in [-0.2, 0) is 13.5 Å². The Labute approximate surface area is 199 Å². The Morgan fingerprint density at radius 1 is 0.912 bits per heavy atom. The Kier molecular flexibility index (Phi) is 5.62. The summed E-state index contributed by atoms with van der Waals surface area (Å²) in [4.78, 5) is 13.8. The lowest BCUT2D eigenvalue weighted by Gasteiger charge is -2.12. The Morgan fingerprint density at radius 3 is 2.50 bits per heavy atom. The van der Waals surface area contributed by atoms with E-state index in [-0.39, 0.29) is 5.75 Å². The third kappa shape index (κ3) is 4.05. The van der Waals surface area contributed by atoms with Crippen molar-refractivity contribution in [3.63, 3.8) is 0 Å². The predicted octanol–water partition coefficient (Wildman–Crippen LogP) is 6.58. The molecule has 0 amide bonds. The highest BCUT2D eigenvalue weighted by Gasteiger charge is 2.18. The normalized spacial score (nSPS) is 11.4. The largest absolute Gasteiger partial charge is 0.506 e. The van der Waals surface area contributed by atoms with Crippen LogP contribution >= 0.6 is 0 Å². The van der Waals surface area contributed by atoms with E-state index in [4.69, 9.17) is 4.98 Å². The van der Waals surface area contributed by atoms with Crippen LogP contribution < -0.4 is 0 Å². The maximum absolute atomic E-state index is 10.5. The third-order valence-corrected chi connectivity index (χ3v) is 6.08. The van der Waals surface area contributed by atoms with Crippen molar-refractivity contribution in [3.8, 4) is 39.5 Å². The van der Waals surface area contributed by atoms with Crippen LogP contribution in [0.25, 0.3) is 44.8 Å². The quantitative estimate of drug-likeness (QED) is 0.330. The number of hydrogen-bond acceptors (Lipinski definition) is 4. The lowest BCUT2D eigenvalue weighted by molar-refractivity contribution is 0.473. The zero-order valence-corrected chi connectivity index (χ0v) is 19.9. The molecule has 34 heavy (non-hydrogen) atoms. The maximum Gasteiger partial charge on any atom is 0.144 e. The van der Waals surface area contributed by atoms with Gasteiger partial charge in [-0.05, 0) is 66.8 Å². The number of hydrogen-bond donors (Lipinski definition) is 1. The Bertz CT molecular complexity index is 1490. The molecule has 0 saturated heterocycles. The summed E-state index contributed by atoms with van der Waals surface area (Å²) in [5.74, 6) is 1.39. The monoisotopic (exact) mass is 448 g/mol. The van der Waals surface area contributed by atoms with E-state index in [9.17, 15) is 5.11 Å². The topological polar surface area (TPSA) is 63.8 Å². The van der Waals surface area contributed by atoms with Gasteiger partial charge in [0.1, 0.15) is 11.6 Å². The van der Waals surface area contributed by atoms with E-state index in [2.05, 4.69) is 60.2 Å². The molecule has 5 aromatic rings. The van der Waals surface area contributed by atoms with Crippen molar-refractivity contribution in [2.75, 3.05) is 0 Å². The second-order valence-electron chi connectivity index (χ2n) is 9.24. The fourth-order valence-electron chi connectivity index (χ4n) is 4.54. The number of imidazole rings is 1. The molecule has 0 aliphatic heterocycles. The van der Waals surface area contributed by atoms with Crippen LogP contribution in [0.3, 0.4) is 0 Å². The number of pyridine rings is 2. The standard InChI is InChI=1S/C29H28N4O/c1-18(2)12-20-14-21(16-22(15-20)25-9-5-6-11-30-25)23-8-7-10-26-28(23)32-29(33(26)4)24-13-19(3)31-17-27(24)34/h5-11,13-18,34H,12H2,1-4H3. The summed E-state index contributed by atoms with van der Waals surface area (Å²) < 4.78 is 2.03. The van der Waals surface area contributed by atoms with E-state index in [0.29, 0.717) is 17.3 Å². The molecule has 0 atom stereocenters. The van der Waals surface area contributed by atoms with Gasteiger partial charge in [-0.25, -0.2) is 4.98 Å². The van der Waals surface area contributed by atoms with Crippen molar-refractivity contribution >= 4 is 11.0 Å². The number of benzene rings is 2. The summed E-state index contributed by atoms with van der Waals surface area (Å²) in [5, 5.41) is 10.5. The molecule has 0 spiro atoms. The molecule has 2 aromatic carbocycles. The molecule has 3 heterocycles.